The van der Waals surface area contributed by atoms with E-state index in [2.05, 4.69) is 17.3 Å². The van der Waals surface area contributed by atoms with Crippen LogP contribution in [0.5, 0.6) is 0 Å². The molecular weight excluding hydrogens is 224 g/mol. The minimum Gasteiger partial charge on any atom is -0.381 e. The predicted octanol–water partition coefficient (Wildman–Crippen LogP) is 2.41. The molecule has 2 fully saturated rings. The lowest BCUT2D eigenvalue weighted by atomic mass is 10.1. The van der Waals surface area contributed by atoms with Crippen molar-refractivity contribution < 1.29 is 4.74 Å². The highest BCUT2D eigenvalue weighted by Gasteiger charge is 2.20. The summed E-state index contributed by atoms with van der Waals surface area (Å²) >= 11 is 0. The second-order valence-electron chi connectivity index (χ2n) is 5.97. The van der Waals surface area contributed by atoms with E-state index >= 15 is 0 Å². The monoisotopic (exact) mass is 254 g/mol. The van der Waals surface area contributed by atoms with Crippen molar-refractivity contribution in [2.75, 3.05) is 33.4 Å². The van der Waals surface area contributed by atoms with E-state index in [1.807, 2.05) is 0 Å². The zero-order valence-electron chi connectivity index (χ0n) is 12.0. The number of rotatable bonds is 10. The van der Waals surface area contributed by atoms with Crippen molar-refractivity contribution in [2.24, 2.45) is 0 Å². The predicted molar refractivity (Wildman–Crippen MR) is 76.0 cm³/mol. The third kappa shape index (κ3) is 5.68. The van der Waals surface area contributed by atoms with Gasteiger partial charge in [0.2, 0.25) is 0 Å². The van der Waals surface area contributed by atoms with Gasteiger partial charge >= 0.3 is 0 Å². The van der Waals surface area contributed by atoms with E-state index in [4.69, 9.17) is 4.74 Å². The first-order chi connectivity index (χ1) is 8.86. The van der Waals surface area contributed by atoms with Gasteiger partial charge in [0, 0.05) is 25.3 Å². The van der Waals surface area contributed by atoms with E-state index in [0.29, 0.717) is 0 Å². The number of nitrogens with zero attached hydrogens (tertiary/aromatic N) is 1. The average molecular weight is 254 g/mol. The van der Waals surface area contributed by atoms with Gasteiger partial charge in [-0.2, -0.15) is 0 Å². The maximum Gasteiger partial charge on any atom is 0.0480 e. The molecule has 1 aliphatic heterocycles. The van der Waals surface area contributed by atoms with Gasteiger partial charge in [0.15, 0.2) is 0 Å². The number of nitrogens with one attached hydrogen (secondary N) is 1. The molecule has 0 aromatic heterocycles. The Balaban J connectivity index is 1.30. The van der Waals surface area contributed by atoms with Gasteiger partial charge in [-0.25, -0.2) is 0 Å². The summed E-state index contributed by atoms with van der Waals surface area (Å²) in [5.74, 6) is 0. The summed E-state index contributed by atoms with van der Waals surface area (Å²) in [6.07, 6.45) is 10.6. The fraction of sp³-hybridized carbons (Fsp3) is 1.00. The summed E-state index contributed by atoms with van der Waals surface area (Å²) in [6.45, 7) is 4.39. The fourth-order valence-corrected chi connectivity index (χ4v) is 2.76. The van der Waals surface area contributed by atoms with Crippen LogP contribution in [0, 0.1) is 0 Å². The van der Waals surface area contributed by atoms with E-state index in [1.54, 1.807) is 0 Å². The van der Waals surface area contributed by atoms with Gasteiger partial charge in [-0.3, -0.25) is 0 Å². The molecule has 0 amide bonds. The van der Waals surface area contributed by atoms with Crippen molar-refractivity contribution in [3.63, 3.8) is 0 Å². The van der Waals surface area contributed by atoms with Crippen LogP contribution in [0.25, 0.3) is 0 Å². The van der Waals surface area contributed by atoms with Gasteiger partial charge in [-0.1, -0.05) is 0 Å². The average Bonchev–Trinajstić information content (AvgIpc) is 3.10. The molecule has 3 heteroatoms. The molecule has 0 spiro atoms. The van der Waals surface area contributed by atoms with Crippen molar-refractivity contribution in [3.8, 4) is 0 Å². The Labute approximate surface area is 112 Å². The molecule has 106 valence electrons. The van der Waals surface area contributed by atoms with E-state index in [0.717, 1.165) is 25.3 Å². The molecule has 18 heavy (non-hydrogen) atoms. The van der Waals surface area contributed by atoms with Crippen molar-refractivity contribution in [1.29, 1.82) is 0 Å². The van der Waals surface area contributed by atoms with Crippen LogP contribution >= 0.6 is 0 Å². The van der Waals surface area contributed by atoms with Crippen LogP contribution in [-0.2, 0) is 4.74 Å². The summed E-state index contributed by atoms with van der Waals surface area (Å²) in [7, 11) is 2.24. The molecule has 1 N–H and O–H groups in total. The lowest BCUT2D eigenvalue weighted by Gasteiger charge is -2.18. The molecule has 0 bridgehead atoms. The number of likely N-dealkylation sites (tertiary alicyclic amines) is 1. The summed E-state index contributed by atoms with van der Waals surface area (Å²) in [4.78, 5) is 2.48. The third-order valence-corrected chi connectivity index (χ3v) is 4.24. The molecule has 0 radical (unpaired) electrons. The normalized spacial score (nSPS) is 24.8. The van der Waals surface area contributed by atoms with E-state index in [1.165, 1.54) is 64.5 Å². The van der Waals surface area contributed by atoms with Gasteiger partial charge in [0.25, 0.3) is 0 Å². The Morgan fingerprint density at radius 2 is 2.00 bits per heavy atom. The van der Waals surface area contributed by atoms with Gasteiger partial charge in [-0.05, 0) is 71.5 Å². The molecule has 1 atom stereocenters. The van der Waals surface area contributed by atoms with Gasteiger partial charge < -0.3 is 15.0 Å². The first-order valence-electron chi connectivity index (χ1n) is 7.87. The zero-order valence-corrected chi connectivity index (χ0v) is 12.0. The van der Waals surface area contributed by atoms with Crippen LogP contribution in [0.3, 0.4) is 0 Å². The van der Waals surface area contributed by atoms with E-state index in [-0.39, 0.29) is 0 Å². The quantitative estimate of drug-likeness (QED) is 0.606. The largest absolute Gasteiger partial charge is 0.381 e. The molecule has 2 aliphatic rings. The van der Waals surface area contributed by atoms with Crippen molar-refractivity contribution in [1.82, 2.24) is 10.2 Å². The van der Waals surface area contributed by atoms with Crippen LogP contribution in [0.15, 0.2) is 0 Å². The van der Waals surface area contributed by atoms with Crippen LogP contribution in [0.2, 0.25) is 0 Å². The lowest BCUT2D eigenvalue weighted by Crippen LogP contribution is -2.26. The summed E-state index contributed by atoms with van der Waals surface area (Å²) in [5, 5.41) is 3.55. The Kier molecular flexibility index (Phi) is 6.46. The maximum absolute atomic E-state index is 5.74. The van der Waals surface area contributed by atoms with Gasteiger partial charge in [-0.15, -0.1) is 0 Å². The Morgan fingerprint density at radius 1 is 1.11 bits per heavy atom. The smallest absolute Gasteiger partial charge is 0.0480 e. The summed E-state index contributed by atoms with van der Waals surface area (Å²) in [5.41, 5.74) is 0. The highest BCUT2D eigenvalue weighted by atomic mass is 16.5. The highest BCUT2D eigenvalue weighted by molar-refractivity contribution is 4.80. The minimum atomic E-state index is 0.785. The SMILES string of the molecule is CN1CCCC1CCOCCCCCNC1CC1. The standard InChI is InChI=1S/C15H30N2O/c1-17-11-5-6-15(17)9-13-18-12-4-2-3-10-16-14-7-8-14/h14-16H,2-13H2,1H3. The van der Waals surface area contributed by atoms with E-state index in [9.17, 15) is 0 Å². The van der Waals surface area contributed by atoms with Gasteiger partial charge in [0.1, 0.15) is 0 Å². The molecule has 1 heterocycles. The molecule has 1 unspecified atom stereocenters. The third-order valence-electron chi connectivity index (χ3n) is 4.24. The lowest BCUT2D eigenvalue weighted by molar-refractivity contribution is 0.110. The Morgan fingerprint density at radius 3 is 2.72 bits per heavy atom. The maximum atomic E-state index is 5.74. The van der Waals surface area contributed by atoms with Gasteiger partial charge in [0.05, 0.1) is 0 Å². The minimum absolute atomic E-state index is 0.785. The number of unbranched alkanes of at least 4 members (excludes halogenated alkanes) is 2. The molecule has 1 saturated carbocycles. The van der Waals surface area contributed by atoms with Crippen molar-refractivity contribution in [3.05, 3.63) is 0 Å². The first kappa shape index (κ1) is 14.3. The first-order valence-corrected chi connectivity index (χ1v) is 7.87. The molecule has 0 aromatic carbocycles. The van der Waals surface area contributed by atoms with Crippen molar-refractivity contribution in [2.45, 2.75) is 63.5 Å². The van der Waals surface area contributed by atoms with Crippen molar-refractivity contribution >= 4 is 0 Å². The second-order valence-corrected chi connectivity index (χ2v) is 5.97. The molecule has 1 saturated heterocycles. The van der Waals surface area contributed by atoms with E-state index < -0.39 is 0 Å². The summed E-state index contributed by atoms with van der Waals surface area (Å²) < 4.78 is 5.74. The zero-order chi connectivity index (χ0) is 12.6. The summed E-state index contributed by atoms with van der Waals surface area (Å²) in [6, 6.07) is 1.65. The van der Waals surface area contributed by atoms with Crippen LogP contribution < -0.4 is 5.32 Å². The van der Waals surface area contributed by atoms with Crippen LogP contribution in [0.4, 0.5) is 0 Å². The molecule has 3 nitrogen and oxygen atoms in total. The molecule has 2 rings (SSSR count). The second kappa shape index (κ2) is 8.13. The molecular formula is C15H30N2O. The Hall–Kier alpha value is -0.120. The van der Waals surface area contributed by atoms with Crippen LogP contribution in [-0.4, -0.2) is 50.3 Å². The highest BCUT2D eigenvalue weighted by Crippen LogP contribution is 2.18. The molecule has 1 aliphatic carbocycles. The fourth-order valence-electron chi connectivity index (χ4n) is 2.76. The number of hydrogen-bond acceptors (Lipinski definition) is 3. The number of hydrogen-bond donors (Lipinski definition) is 1. The van der Waals surface area contributed by atoms with Crippen LogP contribution in [0.1, 0.15) is 51.4 Å². The number of ether oxygens (including phenoxy) is 1. The topological polar surface area (TPSA) is 24.5 Å². The molecule has 0 aromatic rings. The Bertz CT molecular complexity index is 219.